The molecule has 24 heavy (non-hydrogen) atoms. The molecule has 0 aliphatic rings. The first-order valence-corrected chi connectivity index (χ1v) is 7.81. The monoisotopic (exact) mass is 328 g/mol. The van der Waals surface area contributed by atoms with Gasteiger partial charge < -0.3 is 10.2 Å². The molecule has 0 bridgehead atoms. The third kappa shape index (κ3) is 4.41. The highest BCUT2D eigenvalue weighted by Crippen LogP contribution is 2.14. The summed E-state index contributed by atoms with van der Waals surface area (Å²) in [5, 5.41) is 2.54. The normalized spacial score (nSPS) is 11.6. The van der Waals surface area contributed by atoms with Gasteiger partial charge in [-0.25, -0.2) is 4.39 Å². The van der Waals surface area contributed by atoms with E-state index in [2.05, 4.69) is 5.32 Å². The number of rotatable bonds is 6. The third-order valence-electron chi connectivity index (χ3n) is 3.91. The molecule has 0 saturated carbocycles. The van der Waals surface area contributed by atoms with Crippen molar-refractivity contribution < 1.29 is 14.0 Å². The van der Waals surface area contributed by atoms with Gasteiger partial charge in [0.15, 0.2) is 0 Å². The lowest BCUT2D eigenvalue weighted by atomic mass is 10.1. The molecule has 0 saturated heterocycles. The van der Waals surface area contributed by atoms with Gasteiger partial charge in [0.25, 0.3) is 0 Å². The Morgan fingerprint density at radius 2 is 1.71 bits per heavy atom. The zero-order chi connectivity index (χ0) is 17.5. The van der Waals surface area contributed by atoms with Gasteiger partial charge in [-0.05, 0) is 18.6 Å². The van der Waals surface area contributed by atoms with Crippen molar-refractivity contribution in [2.24, 2.45) is 0 Å². The molecule has 0 heterocycles. The van der Waals surface area contributed by atoms with Gasteiger partial charge in [-0.15, -0.1) is 0 Å². The van der Waals surface area contributed by atoms with Crippen LogP contribution in [0.5, 0.6) is 0 Å². The summed E-state index contributed by atoms with van der Waals surface area (Å²) in [6.45, 7) is 1.69. The molecular formula is C19H21FN2O2. The largest absolute Gasteiger partial charge is 0.357 e. The van der Waals surface area contributed by atoms with E-state index < -0.39 is 6.04 Å². The minimum atomic E-state index is -0.689. The van der Waals surface area contributed by atoms with E-state index >= 15 is 0 Å². The molecule has 2 aromatic carbocycles. The van der Waals surface area contributed by atoms with E-state index in [0.717, 1.165) is 5.56 Å². The molecule has 126 valence electrons. The van der Waals surface area contributed by atoms with E-state index in [1.54, 1.807) is 25.1 Å². The molecule has 0 aliphatic heterocycles. The fraction of sp³-hybridized carbons (Fsp3) is 0.263. The Hall–Kier alpha value is -2.69. The zero-order valence-electron chi connectivity index (χ0n) is 13.8. The fourth-order valence-electron chi connectivity index (χ4n) is 2.47. The molecule has 0 fully saturated rings. The standard InChI is InChI=1S/C19H21FN2O2/c1-14(19(24)21-2)22(13-16-10-6-7-11-17(16)20)18(23)12-15-8-4-3-5-9-15/h3-11,14H,12-13H2,1-2H3,(H,21,24)/t14-/m0/s1. The molecule has 5 heteroatoms. The molecule has 1 N–H and O–H groups in total. The summed E-state index contributed by atoms with van der Waals surface area (Å²) in [4.78, 5) is 26.1. The SMILES string of the molecule is CNC(=O)[C@H](C)N(Cc1ccccc1F)C(=O)Cc1ccccc1. The van der Waals surface area contributed by atoms with Crippen LogP contribution in [-0.2, 0) is 22.6 Å². The van der Waals surface area contributed by atoms with Crippen LogP contribution < -0.4 is 5.32 Å². The van der Waals surface area contributed by atoms with Crippen molar-refractivity contribution in [2.75, 3.05) is 7.05 Å². The molecule has 4 nitrogen and oxygen atoms in total. The number of nitrogens with one attached hydrogen (secondary N) is 1. The molecule has 2 rings (SSSR count). The summed E-state index contributed by atoms with van der Waals surface area (Å²) in [6.07, 6.45) is 0.163. The van der Waals surface area contributed by atoms with E-state index in [-0.39, 0.29) is 30.6 Å². The second-order valence-electron chi connectivity index (χ2n) is 5.57. The lowest BCUT2D eigenvalue weighted by Crippen LogP contribution is -2.47. The van der Waals surface area contributed by atoms with Gasteiger partial charge in [0.2, 0.25) is 11.8 Å². The van der Waals surface area contributed by atoms with Crippen LogP contribution in [0.2, 0.25) is 0 Å². The summed E-state index contributed by atoms with van der Waals surface area (Å²) in [5.74, 6) is -0.896. The number of likely N-dealkylation sites (N-methyl/N-ethyl adjacent to an activating group) is 1. The van der Waals surface area contributed by atoms with Crippen molar-refractivity contribution in [3.63, 3.8) is 0 Å². The highest BCUT2D eigenvalue weighted by Gasteiger charge is 2.26. The number of hydrogen-bond acceptors (Lipinski definition) is 2. The quantitative estimate of drug-likeness (QED) is 0.886. The highest BCUT2D eigenvalue weighted by atomic mass is 19.1. The maximum absolute atomic E-state index is 13.9. The molecule has 0 unspecified atom stereocenters. The summed E-state index contributed by atoms with van der Waals surface area (Å²) in [5.41, 5.74) is 1.24. The van der Waals surface area contributed by atoms with Crippen LogP contribution in [0.3, 0.4) is 0 Å². The van der Waals surface area contributed by atoms with E-state index in [9.17, 15) is 14.0 Å². The maximum Gasteiger partial charge on any atom is 0.242 e. The predicted octanol–water partition coefficient (Wildman–Crippen LogP) is 2.53. The van der Waals surface area contributed by atoms with Gasteiger partial charge >= 0.3 is 0 Å². The molecule has 1 atom stereocenters. The zero-order valence-corrected chi connectivity index (χ0v) is 13.8. The first-order chi connectivity index (χ1) is 11.5. The van der Waals surface area contributed by atoms with Crippen molar-refractivity contribution in [1.82, 2.24) is 10.2 Å². The number of carbonyl (C=O) groups excluding carboxylic acids is 2. The Kier molecular flexibility index (Phi) is 6.07. The highest BCUT2D eigenvalue weighted by molar-refractivity contribution is 5.88. The number of amides is 2. The number of nitrogens with zero attached hydrogens (tertiary/aromatic N) is 1. The lowest BCUT2D eigenvalue weighted by molar-refractivity contribution is -0.139. The second kappa shape index (κ2) is 8.24. The van der Waals surface area contributed by atoms with E-state index in [0.29, 0.717) is 5.56 Å². The Labute approximate surface area is 141 Å². The van der Waals surface area contributed by atoms with Crippen LogP contribution in [-0.4, -0.2) is 29.8 Å². The van der Waals surface area contributed by atoms with Crippen LogP contribution >= 0.6 is 0 Å². The fourth-order valence-corrected chi connectivity index (χ4v) is 2.47. The lowest BCUT2D eigenvalue weighted by Gasteiger charge is -2.28. The van der Waals surface area contributed by atoms with Crippen LogP contribution in [0.4, 0.5) is 4.39 Å². The van der Waals surface area contributed by atoms with Gasteiger partial charge in [0, 0.05) is 19.2 Å². The summed E-state index contributed by atoms with van der Waals surface area (Å²) in [7, 11) is 1.52. The van der Waals surface area contributed by atoms with Gasteiger partial charge in [0.05, 0.1) is 6.42 Å². The van der Waals surface area contributed by atoms with Gasteiger partial charge in [-0.3, -0.25) is 9.59 Å². The molecular weight excluding hydrogens is 307 g/mol. The molecule has 0 spiro atoms. The predicted molar refractivity (Wildman–Crippen MR) is 90.6 cm³/mol. The van der Waals surface area contributed by atoms with Crippen LogP contribution in [0.25, 0.3) is 0 Å². The van der Waals surface area contributed by atoms with Crippen LogP contribution in [0.1, 0.15) is 18.1 Å². The topological polar surface area (TPSA) is 49.4 Å². The summed E-state index contributed by atoms with van der Waals surface area (Å²) in [6, 6.07) is 14.9. The average Bonchev–Trinajstić information content (AvgIpc) is 2.60. The van der Waals surface area contributed by atoms with E-state index in [1.165, 1.54) is 18.0 Å². The van der Waals surface area contributed by atoms with Crippen molar-refractivity contribution in [3.05, 3.63) is 71.5 Å². The molecule has 0 radical (unpaired) electrons. The maximum atomic E-state index is 13.9. The van der Waals surface area contributed by atoms with Crippen molar-refractivity contribution in [1.29, 1.82) is 0 Å². The Balaban J connectivity index is 2.23. The minimum Gasteiger partial charge on any atom is -0.357 e. The smallest absolute Gasteiger partial charge is 0.242 e. The number of halogens is 1. The Morgan fingerprint density at radius 1 is 1.08 bits per heavy atom. The van der Waals surface area contributed by atoms with Crippen LogP contribution in [0, 0.1) is 5.82 Å². The van der Waals surface area contributed by atoms with Crippen LogP contribution in [0.15, 0.2) is 54.6 Å². The van der Waals surface area contributed by atoms with Crippen molar-refractivity contribution >= 4 is 11.8 Å². The third-order valence-corrected chi connectivity index (χ3v) is 3.91. The first kappa shape index (κ1) is 17.7. The number of benzene rings is 2. The van der Waals surface area contributed by atoms with Crippen molar-refractivity contribution in [2.45, 2.75) is 25.9 Å². The van der Waals surface area contributed by atoms with Gasteiger partial charge in [0.1, 0.15) is 11.9 Å². The van der Waals surface area contributed by atoms with Gasteiger partial charge in [-0.1, -0.05) is 48.5 Å². The minimum absolute atomic E-state index is 0.0485. The summed E-state index contributed by atoms with van der Waals surface area (Å²) < 4.78 is 13.9. The molecule has 2 amide bonds. The molecule has 0 aromatic heterocycles. The van der Waals surface area contributed by atoms with E-state index in [4.69, 9.17) is 0 Å². The Bertz CT molecular complexity index is 704. The van der Waals surface area contributed by atoms with E-state index in [1.807, 2.05) is 30.3 Å². The number of carbonyl (C=O) groups is 2. The first-order valence-electron chi connectivity index (χ1n) is 7.81. The Morgan fingerprint density at radius 3 is 2.33 bits per heavy atom. The number of hydrogen-bond donors (Lipinski definition) is 1. The summed E-state index contributed by atoms with van der Waals surface area (Å²) >= 11 is 0. The molecule has 2 aromatic rings. The van der Waals surface area contributed by atoms with Gasteiger partial charge in [-0.2, -0.15) is 0 Å². The van der Waals surface area contributed by atoms with Crippen molar-refractivity contribution in [3.8, 4) is 0 Å². The second-order valence-corrected chi connectivity index (χ2v) is 5.57. The average molecular weight is 328 g/mol. The molecule has 0 aliphatic carbocycles.